The summed E-state index contributed by atoms with van der Waals surface area (Å²) < 4.78 is 0. The number of carboxylic acids is 1. The predicted octanol–water partition coefficient (Wildman–Crippen LogP) is -0.719. The molecule has 2 saturated heterocycles. The molecule has 0 saturated carbocycles. The summed E-state index contributed by atoms with van der Waals surface area (Å²) in [5.41, 5.74) is 0. The fraction of sp³-hybridized carbons (Fsp3) is 0.778. The monoisotopic (exact) mass is 198 g/mol. The smallest absolute Gasteiger partial charge is 0.308 e. The molecule has 2 heterocycles. The summed E-state index contributed by atoms with van der Waals surface area (Å²) in [6, 6.07) is 0.215. The van der Waals surface area contributed by atoms with E-state index in [9.17, 15) is 9.59 Å². The van der Waals surface area contributed by atoms with Crippen LogP contribution < -0.4 is 5.32 Å². The Morgan fingerprint density at radius 2 is 2.36 bits per heavy atom. The molecule has 0 aromatic rings. The van der Waals surface area contributed by atoms with E-state index in [-0.39, 0.29) is 18.4 Å². The summed E-state index contributed by atoms with van der Waals surface area (Å²) in [6.07, 6.45) is 1.11. The molecule has 14 heavy (non-hydrogen) atoms. The van der Waals surface area contributed by atoms with E-state index in [1.165, 1.54) is 0 Å². The van der Waals surface area contributed by atoms with Crippen molar-refractivity contribution in [2.45, 2.75) is 18.9 Å². The predicted molar refractivity (Wildman–Crippen MR) is 48.7 cm³/mol. The first kappa shape index (κ1) is 9.45. The Hall–Kier alpha value is -1.10. The lowest BCUT2D eigenvalue weighted by Crippen LogP contribution is -2.38. The van der Waals surface area contributed by atoms with Gasteiger partial charge in [0.05, 0.1) is 5.92 Å². The maximum atomic E-state index is 11.5. The van der Waals surface area contributed by atoms with E-state index in [2.05, 4.69) is 5.32 Å². The average Bonchev–Trinajstić information content (AvgIpc) is 2.71. The lowest BCUT2D eigenvalue weighted by atomic mass is 10.1. The summed E-state index contributed by atoms with van der Waals surface area (Å²) in [5, 5.41) is 12.0. The molecule has 2 aliphatic heterocycles. The zero-order valence-corrected chi connectivity index (χ0v) is 7.90. The zero-order valence-electron chi connectivity index (χ0n) is 7.90. The summed E-state index contributed by atoms with van der Waals surface area (Å²) >= 11 is 0. The molecule has 2 rings (SSSR count). The average molecular weight is 198 g/mol. The molecule has 0 spiro atoms. The number of nitrogens with zero attached hydrogens (tertiary/aromatic N) is 1. The molecule has 5 nitrogen and oxygen atoms in total. The molecular weight excluding hydrogens is 184 g/mol. The summed E-state index contributed by atoms with van der Waals surface area (Å²) in [5.74, 6) is -1.36. The van der Waals surface area contributed by atoms with Crippen molar-refractivity contribution in [2.24, 2.45) is 5.92 Å². The van der Waals surface area contributed by atoms with Gasteiger partial charge in [0.15, 0.2) is 0 Å². The number of hydrogen-bond donors (Lipinski definition) is 2. The highest BCUT2D eigenvalue weighted by Crippen LogP contribution is 2.22. The van der Waals surface area contributed by atoms with E-state index in [0.717, 1.165) is 19.5 Å². The van der Waals surface area contributed by atoms with Crippen LogP contribution in [-0.2, 0) is 9.59 Å². The number of rotatable bonds is 2. The highest BCUT2D eigenvalue weighted by atomic mass is 16.4. The fourth-order valence-electron chi connectivity index (χ4n) is 2.16. The number of nitrogens with one attached hydrogen (secondary N) is 1. The van der Waals surface area contributed by atoms with Gasteiger partial charge in [0.2, 0.25) is 5.91 Å². The van der Waals surface area contributed by atoms with Gasteiger partial charge in [0, 0.05) is 25.6 Å². The van der Waals surface area contributed by atoms with Crippen molar-refractivity contribution in [3.8, 4) is 0 Å². The van der Waals surface area contributed by atoms with Gasteiger partial charge in [-0.1, -0.05) is 0 Å². The van der Waals surface area contributed by atoms with Crippen molar-refractivity contribution in [1.82, 2.24) is 10.2 Å². The van der Waals surface area contributed by atoms with Crippen molar-refractivity contribution in [2.75, 3.05) is 19.6 Å². The lowest BCUT2D eigenvalue weighted by molar-refractivity contribution is -0.141. The van der Waals surface area contributed by atoms with Gasteiger partial charge in [-0.25, -0.2) is 0 Å². The fourth-order valence-corrected chi connectivity index (χ4v) is 2.16. The normalized spacial score (nSPS) is 32.6. The van der Waals surface area contributed by atoms with E-state index in [1.807, 2.05) is 0 Å². The van der Waals surface area contributed by atoms with Gasteiger partial charge in [-0.3, -0.25) is 9.59 Å². The third-order valence-corrected chi connectivity index (χ3v) is 2.98. The Balaban J connectivity index is 2.00. The zero-order chi connectivity index (χ0) is 10.1. The summed E-state index contributed by atoms with van der Waals surface area (Å²) in [4.78, 5) is 23.9. The molecule has 78 valence electrons. The van der Waals surface area contributed by atoms with E-state index < -0.39 is 11.9 Å². The highest BCUT2D eigenvalue weighted by Gasteiger charge is 2.38. The molecule has 1 amide bonds. The Morgan fingerprint density at radius 3 is 2.86 bits per heavy atom. The standard InChI is InChI=1S/C9H14N2O3/c12-8-3-6(9(13)14)5-11(8)7-1-2-10-4-7/h6-7,10H,1-5H2,(H,13,14)/t6-,7+/m1/s1. The van der Waals surface area contributed by atoms with Gasteiger partial charge < -0.3 is 15.3 Å². The third kappa shape index (κ3) is 1.59. The maximum absolute atomic E-state index is 11.5. The molecule has 5 heteroatoms. The van der Waals surface area contributed by atoms with Crippen LogP contribution in [0.3, 0.4) is 0 Å². The van der Waals surface area contributed by atoms with Crippen LogP contribution in [0.2, 0.25) is 0 Å². The van der Waals surface area contributed by atoms with Crippen molar-refractivity contribution >= 4 is 11.9 Å². The Morgan fingerprint density at radius 1 is 1.57 bits per heavy atom. The second-order valence-corrected chi connectivity index (χ2v) is 3.93. The summed E-state index contributed by atoms with van der Waals surface area (Å²) in [7, 11) is 0. The minimum Gasteiger partial charge on any atom is -0.481 e. The second-order valence-electron chi connectivity index (χ2n) is 3.93. The SMILES string of the molecule is O=C(O)[C@@H]1CC(=O)N([C@H]2CCNC2)C1. The summed E-state index contributed by atoms with van der Waals surface area (Å²) in [6.45, 7) is 2.12. The number of hydrogen-bond acceptors (Lipinski definition) is 3. The van der Waals surface area contributed by atoms with Crippen LogP contribution >= 0.6 is 0 Å². The van der Waals surface area contributed by atoms with E-state index in [4.69, 9.17) is 5.11 Å². The molecule has 0 aromatic carbocycles. The van der Waals surface area contributed by atoms with Crippen LogP contribution in [0.25, 0.3) is 0 Å². The van der Waals surface area contributed by atoms with Crippen molar-refractivity contribution in [3.63, 3.8) is 0 Å². The van der Waals surface area contributed by atoms with Crippen LogP contribution in [0, 0.1) is 5.92 Å². The minimum absolute atomic E-state index is 0.00824. The van der Waals surface area contributed by atoms with E-state index in [1.54, 1.807) is 4.90 Å². The Kier molecular flexibility index (Phi) is 2.41. The van der Waals surface area contributed by atoms with Crippen molar-refractivity contribution in [3.05, 3.63) is 0 Å². The molecule has 0 aliphatic carbocycles. The number of carboxylic acid groups (broad SMARTS) is 1. The van der Waals surface area contributed by atoms with Crippen LogP contribution in [0.4, 0.5) is 0 Å². The van der Waals surface area contributed by atoms with Crippen LogP contribution in [-0.4, -0.2) is 47.6 Å². The van der Waals surface area contributed by atoms with Crippen LogP contribution in [0.1, 0.15) is 12.8 Å². The molecule has 2 atom stereocenters. The Labute approximate surface area is 82.1 Å². The van der Waals surface area contributed by atoms with Gasteiger partial charge in [0.1, 0.15) is 0 Å². The number of aliphatic carboxylic acids is 1. The molecule has 0 bridgehead atoms. The van der Waals surface area contributed by atoms with Gasteiger partial charge in [-0.15, -0.1) is 0 Å². The first-order valence-electron chi connectivity index (χ1n) is 4.91. The van der Waals surface area contributed by atoms with Gasteiger partial charge in [0.25, 0.3) is 0 Å². The first-order valence-corrected chi connectivity index (χ1v) is 4.91. The van der Waals surface area contributed by atoms with Crippen molar-refractivity contribution in [1.29, 1.82) is 0 Å². The van der Waals surface area contributed by atoms with Gasteiger partial charge in [-0.2, -0.15) is 0 Å². The van der Waals surface area contributed by atoms with Crippen molar-refractivity contribution < 1.29 is 14.7 Å². The molecule has 0 unspecified atom stereocenters. The quantitative estimate of drug-likeness (QED) is 0.614. The second kappa shape index (κ2) is 3.57. The molecule has 2 N–H and O–H groups in total. The van der Waals surface area contributed by atoms with E-state index in [0.29, 0.717) is 6.54 Å². The maximum Gasteiger partial charge on any atom is 0.308 e. The molecule has 2 fully saturated rings. The van der Waals surface area contributed by atoms with Crippen LogP contribution in [0.15, 0.2) is 0 Å². The molecule has 0 aromatic heterocycles. The number of carbonyl (C=O) groups is 2. The third-order valence-electron chi connectivity index (χ3n) is 2.98. The molecule has 2 aliphatic rings. The lowest BCUT2D eigenvalue weighted by Gasteiger charge is -2.22. The molecular formula is C9H14N2O3. The minimum atomic E-state index is -0.855. The van der Waals surface area contributed by atoms with Gasteiger partial charge in [-0.05, 0) is 13.0 Å². The molecule has 0 radical (unpaired) electrons. The van der Waals surface area contributed by atoms with Crippen LogP contribution in [0.5, 0.6) is 0 Å². The topological polar surface area (TPSA) is 69.6 Å². The number of carbonyl (C=O) groups excluding carboxylic acids is 1. The largest absolute Gasteiger partial charge is 0.481 e. The van der Waals surface area contributed by atoms with Gasteiger partial charge >= 0.3 is 5.97 Å². The number of amides is 1. The highest BCUT2D eigenvalue weighted by molar-refractivity contribution is 5.86. The number of likely N-dealkylation sites (tertiary alicyclic amines) is 1. The first-order chi connectivity index (χ1) is 6.68. The Bertz CT molecular complexity index is 261. The van der Waals surface area contributed by atoms with E-state index >= 15 is 0 Å².